The topological polar surface area (TPSA) is 74.8 Å². The van der Waals surface area contributed by atoms with Gasteiger partial charge in [-0.05, 0) is 37.1 Å². The first-order chi connectivity index (χ1) is 14.1. The quantitative estimate of drug-likeness (QED) is 0.779. The van der Waals surface area contributed by atoms with E-state index in [-0.39, 0.29) is 17.9 Å². The van der Waals surface area contributed by atoms with Crippen molar-refractivity contribution in [2.45, 2.75) is 25.3 Å². The number of hydrogen-bond acceptors (Lipinski definition) is 5. The summed E-state index contributed by atoms with van der Waals surface area (Å²) in [6.45, 7) is 1.76. The van der Waals surface area contributed by atoms with Gasteiger partial charge in [-0.15, -0.1) is 0 Å². The van der Waals surface area contributed by atoms with Crippen LogP contribution in [-0.4, -0.2) is 61.6 Å². The number of piperidine rings is 1. The molecular weight excluding hydrogens is 368 g/mol. The van der Waals surface area contributed by atoms with Gasteiger partial charge in [-0.1, -0.05) is 18.2 Å². The summed E-state index contributed by atoms with van der Waals surface area (Å²) in [6, 6.07) is 13.6. The molecular formula is C22H28N4O3. The van der Waals surface area contributed by atoms with Gasteiger partial charge in [0.1, 0.15) is 5.82 Å². The molecule has 0 unspecified atom stereocenters. The number of anilines is 2. The summed E-state index contributed by atoms with van der Waals surface area (Å²) in [5.41, 5.74) is 1.57. The minimum atomic E-state index is -0.129. The molecule has 0 spiro atoms. The largest absolute Gasteiger partial charge is 0.384 e. The smallest absolute Gasteiger partial charge is 0.253 e. The molecule has 1 aromatic carbocycles. The van der Waals surface area contributed by atoms with Crippen molar-refractivity contribution >= 4 is 23.3 Å². The van der Waals surface area contributed by atoms with Gasteiger partial charge in [0.05, 0.1) is 18.6 Å². The molecule has 0 aliphatic carbocycles. The molecule has 0 atom stereocenters. The average molecular weight is 396 g/mol. The van der Waals surface area contributed by atoms with Gasteiger partial charge in [0.25, 0.3) is 5.91 Å². The number of amides is 2. The molecule has 0 saturated carbocycles. The maximum Gasteiger partial charge on any atom is 0.253 e. The highest BCUT2D eigenvalue weighted by atomic mass is 16.5. The van der Waals surface area contributed by atoms with E-state index < -0.39 is 0 Å². The van der Waals surface area contributed by atoms with Gasteiger partial charge >= 0.3 is 0 Å². The maximum atomic E-state index is 12.6. The Morgan fingerprint density at radius 3 is 2.52 bits per heavy atom. The zero-order valence-corrected chi connectivity index (χ0v) is 17.0. The van der Waals surface area contributed by atoms with Crippen molar-refractivity contribution < 1.29 is 14.3 Å². The first-order valence-electron chi connectivity index (χ1n) is 9.91. The molecule has 7 heteroatoms. The molecule has 1 aromatic heterocycles. The summed E-state index contributed by atoms with van der Waals surface area (Å²) < 4.78 is 4.96. The van der Waals surface area contributed by atoms with E-state index in [0.29, 0.717) is 31.7 Å². The van der Waals surface area contributed by atoms with Crippen LogP contribution in [0.3, 0.4) is 0 Å². The standard InChI is InChI=1S/C22H28N4O3/c1-25(19-6-4-3-5-7-19)20-9-8-17(16-23-20)22(28)24-18-10-13-26(14-11-18)21(27)12-15-29-2/h3-9,16,18H,10-15H2,1-2H3,(H,24,28). The second-order valence-electron chi connectivity index (χ2n) is 7.17. The third-order valence-corrected chi connectivity index (χ3v) is 5.20. The zero-order chi connectivity index (χ0) is 20.6. The Labute approximate surface area is 171 Å². The fourth-order valence-electron chi connectivity index (χ4n) is 3.39. The van der Waals surface area contributed by atoms with Gasteiger partial charge in [0.2, 0.25) is 5.91 Å². The van der Waals surface area contributed by atoms with Crippen molar-refractivity contribution in [2.24, 2.45) is 0 Å². The second kappa shape index (κ2) is 10.0. The monoisotopic (exact) mass is 396 g/mol. The lowest BCUT2D eigenvalue weighted by Crippen LogP contribution is -2.46. The van der Waals surface area contributed by atoms with Crippen LogP contribution < -0.4 is 10.2 Å². The van der Waals surface area contributed by atoms with Crippen molar-refractivity contribution in [2.75, 3.05) is 38.8 Å². The highest BCUT2D eigenvalue weighted by Crippen LogP contribution is 2.21. The molecule has 3 rings (SSSR count). The zero-order valence-electron chi connectivity index (χ0n) is 17.0. The predicted octanol–water partition coefficient (Wildman–Crippen LogP) is 2.61. The molecule has 0 radical (unpaired) electrons. The van der Waals surface area contributed by atoms with E-state index in [0.717, 1.165) is 24.3 Å². The van der Waals surface area contributed by atoms with Gasteiger partial charge in [-0.3, -0.25) is 9.59 Å². The molecule has 1 aliphatic rings. The molecule has 1 N–H and O–H groups in total. The number of likely N-dealkylation sites (tertiary alicyclic amines) is 1. The Morgan fingerprint density at radius 1 is 1.17 bits per heavy atom. The van der Waals surface area contributed by atoms with E-state index in [1.807, 2.05) is 53.2 Å². The van der Waals surface area contributed by atoms with Crippen molar-refractivity contribution in [1.82, 2.24) is 15.2 Å². The molecule has 29 heavy (non-hydrogen) atoms. The summed E-state index contributed by atoms with van der Waals surface area (Å²) >= 11 is 0. The number of rotatable bonds is 7. The SMILES string of the molecule is COCCC(=O)N1CCC(NC(=O)c2ccc(N(C)c3ccccc3)nc2)CC1. The summed E-state index contributed by atoms with van der Waals surface area (Å²) in [5.74, 6) is 0.755. The van der Waals surface area contributed by atoms with Crippen LogP contribution in [0.15, 0.2) is 48.7 Å². The number of para-hydroxylation sites is 1. The molecule has 1 saturated heterocycles. The minimum absolute atomic E-state index is 0.0700. The molecule has 1 fully saturated rings. The van der Waals surface area contributed by atoms with Crippen LogP contribution in [0.4, 0.5) is 11.5 Å². The third kappa shape index (κ3) is 5.54. The summed E-state index contributed by atoms with van der Waals surface area (Å²) in [7, 11) is 3.54. The molecule has 154 valence electrons. The van der Waals surface area contributed by atoms with Crippen LogP contribution in [-0.2, 0) is 9.53 Å². The average Bonchev–Trinajstić information content (AvgIpc) is 2.78. The van der Waals surface area contributed by atoms with Crippen LogP contribution >= 0.6 is 0 Å². The van der Waals surface area contributed by atoms with Crippen molar-refractivity contribution in [3.63, 3.8) is 0 Å². The van der Waals surface area contributed by atoms with Gasteiger partial charge < -0.3 is 19.9 Å². The first-order valence-corrected chi connectivity index (χ1v) is 9.91. The number of nitrogens with zero attached hydrogens (tertiary/aromatic N) is 3. The van der Waals surface area contributed by atoms with E-state index in [4.69, 9.17) is 4.74 Å². The Hall–Kier alpha value is -2.93. The number of hydrogen-bond donors (Lipinski definition) is 1. The highest BCUT2D eigenvalue weighted by molar-refractivity contribution is 5.94. The number of methoxy groups -OCH3 is 1. The van der Waals surface area contributed by atoms with Gasteiger partial charge in [-0.25, -0.2) is 4.98 Å². The normalized spacial score (nSPS) is 14.5. The van der Waals surface area contributed by atoms with E-state index in [1.54, 1.807) is 19.4 Å². The number of carbonyl (C=O) groups excluding carboxylic acids is 2. The summed E-state index contributed by atoms with van der Waals surface area (Å²) in [4.78, 5) is 32.9. The molecule has 2 amide bonds. The van der Waals surface area contributed by atoms with Gasteiger partial charge in [-0.2, -0.15) is 0 Å². The van der Waals surface area contributed by atoms with Crippen LogP contribution in [0.5, 0.6) is 0 Å². The van der Waals surface area contributed by atoms with Crippen LogP contribution in [0, 0.1) is 0 Å². The molecule has 7 nitrogen and oxygen atoms in total. The number of nitrogens with one attached hydrogen (secondary N) is 1. The van der Waals surface area contributed by atoms with Crippen molar-refractivity contribution in [3.8, 4) is 0 Å². The van der Waals surface area contributed by atoms with Crippen LogP contribution in [0.1, 0.15) is 29.6 Å². The third-order valence-electron chi connectivity index (χ3n) is 5.20. The lowest BCUT2D eigenvalue weighted by atomic mass is 10.0. The van der Waals surface area contributed by atoms with E-state index in [1.165, 1.54) is 0 Å². The van der Waals surface area contributed by atoms with E-state index >= 15 is 0 Å². The van der Waals surface area contributed by atoms with Crippen molar-refractivity contribution in [1.29, 1.82) is 0 Å². The Kier molecular flexibility index (Phi) is 7.19. The van der Waals surface area contributed by atoms with Gasteiger partial charge in [0.15, 0.2) is 0 Å². The maximum absolute atomic E-state index is 12.6. The Morgan fingerprint density at radius 2 is 1.90 bits per heavy atom. The lowest BCUT2D eigenvalue weighted by molar-refractivity contribution is -0.133. The number of ether oxygens (including phenoxy) is 1. The van der Waals surface area contributed by atoms with Crippen LogP contribution in [0.2, 0.25) is 0 Å². The highest BCUT2D eigenvalue weighted by Gasteiger charge is 2.24. The fourth-order valence-corrected chi connectivity index (χ4v) is 3.39. The van der Waals surface area contributed by atoms with Crippen LogP contribution in [0.25, 0.3) is 0 Å². The minimum Gasteiger partial charge on any atom is -0.384 e. The molecule has 1 aliphatic heterocycles. The van der Waals surface area contributed by atoms with Gasteiger partial charge in [0, 0.05) is 45.2 Å². The Bertz CT molecular complexity index is 803. The molecule has 0 bridgehead atoms. The second-order valence-corrected chi connectivity index (χ2v) is 7.17. The van der Waals surface area contributed by atoms with E-state index in [9.17, 15) is 9.59 Å². The summed E-state index contributed by atoms with van der Waals surface area (Å²) in [6.07, 6.45) is 3.52. The van der Waals surface area contributed by atoms with E-state index in [2.05, 4.69) is 10.3 Å². The number of pyridine rings is 1. The number of aromatic nitrogens is 1. The number of carbonyl (C=O) groups is 2. The number of benzene rings is 1. The molecule has 2 heterocycles. The lowest BCUT2D eigenvalue weighted by Gasteiger charge is -2.32. The molecule has 2 aromatic rings. The van der Waals surface area contributed by atoms with Crippen molar-refractivity contribution in [3.05, 3.63) is 54.2 Å². The predicted molar refractivity (Wildman–Crippen MR) is 112 cm³/mol. The first kappa shape index (κ1) is 20.8. The Balaban J connectivity index is 1.51. The fraction of sp³-hybridized carbons (Fsp3) is 0.409. The summed E-state index contributed by atoms with van der Waals surface area (Å²) in [5, 5.41) is 3.06.